The molecule has 4 heteroatoms. The normalized spacial score (nSPS) is 14.2. The van der Waals surface area contributed by atoms with Crippen molar-refractivity contribution < 1.29 is 9.15 Å². The van der Waals surface area contributed by atoms with Gasteiger partial charge in [0, 0.05) is 6.04 Å². The van der Waals surface area contributed by atoms with E-state index in [0.29, 0.717) is 16.5 Å². The lowest BCUT2D eigenvalue weighted by atomic mass is 10.1. The average molecular weight is 266 g/mol. The molecule has 0 aliphatic rings. The van der Waals surface area contributed by atoms with E-state index in [9.17, 15) is 0 Å². The van der Waals surface area contributed by atoms with Gasteiger partial charge in [0.1, 0.15) is 11.5 Å². The van der Waals surface area contributed by atoms with Gasteiger partial charge >= 0.3 is 0 Å². The van der Waals surface area contributed by atoms with Gasteiger partial charge in [-0.2, -0.15) is 0 Å². The summed E-state index contributed by atoms with van der Waals surface area (Å²) >= 11 is 6.11. The number of furan rings is 1. The molecule has 0 aliphatic carbocycles. The van der Waals surface area contributed by atoms with E-state index in [1.165, 1.54) is 0 Å². The minimum atomic E-state index is -0.348. The zero-order valence-corrected chi connectivity index (χ0v) is 11.1. The van der Waals surface area contributed by atoms with Crippen molar-refractivity contribution in [3.8, 4) is 5.75 Å². The molecule has 0 saturated heterocycles. The van der Waals surface area contributed by atoms with E-state index < -0.39 is 0 Å². The molecule has 1 aromatic heterocycles. The Labute approximate surface area is 111 Å². The second kappa shape index (κ2) is 5.46. The molecule has 0 amide bonds. The molecule has 2 rings (SSSR count). The minimum Gasteiger partial charge on any atom is -0.479 e. The summed E-state index contributed by atoms with van der Waals surface area (Å²) in [5.74, 6) is 1.32. The lowest BCUT2D eigenvalue weighted by Gasteiger charge is -2.21. The van der Waals surface area contributed by atoms with Crippen LogP contribution in [-0.2, 0) is 0 Å². The summed E-state index contributed by atoms with van der Waals surface area (Å²) in [5.41, 5.74) is 7.02. The maximum absolute atomic E-state index is 6.11. The van der Waals surface area contributed by atoms with E-state index >= 15 is 0 Å². The van der Waals surface area contributed by atoms with Crippen LogP contribution in [-0.4, -0.2) is 6.04 Å². The molecule has 1 heterocycles. The summed E-state index contributed by atoms with van der Waals surface area (Å²) in [6, 6.07) is 9.09. The molecule has 18 heavy (non-hydrogen) atoms. The van der Waals surface area contributed by atoms with Crippen molar-refractivity contribution in [1.29, 1.82) is 0 Å². The van der Waals surface area contributed by atoms with Crippen LogP contribution in [0.25, 0.3) is 0 Å². The fourth-order valence-electron chi connectivity index (χ4n) is 1.72. The molecule has 0 radical (unpaired) electrons. The fourth-order valence-corrected chi connectivity index (χ4v) is 1.88. The Kier molecular flexibility index (Phi) is 3.94. The highest BCUT2D eigenvalue weighted by Gasteiger charge is 2.22. The number of aryl methyl sites for hydroxylation is 1. The standard InChI is InChI=1S/C14H16ClNO2/c1-9-5-6-11(15)13(8-9)18-14(10(2)16)12-4-3-7-17-12/h3-8,10,14H,16H2,1-2H3. The Balaban J connectivity index is 2.27. The molecule has 2 unspecified atom stereocenters. The Morgan fingerprint density at radius 3 is 2.72 bits per heavy atom. The summed E-state index contributed by atoms with van der Waals surface area (Å²) in [4.78, 5) is 0. The molecule has 0 aliphatic heterocycles. The molecule has 0 bridgehead atoms. The van der Waals surface area contributed by atoms with Gasteiger partial charge in [-0.15, -0.1) is 0 Å². The third-order valence-corrected chi connectivity index (χ3v) is 2.95. The van der Waals surface area contributed by atoms with Crippen molar-refractivity contribution in [2.45, 2.75) is 26.0 Å². The largest absolute Gasteiger partial charge is 0.479 e. The van der Waals surface area contributed by atoms with Crippen molar-refractivity contribution >= 4 is 11.6 Å². The van der Waals surface area contributed by atoms with Gasteiger partial charge in [0.25, 0.3) is 0 Å². The van der Waals surface area contributed by atoms with Gasteiger partial charge in [0.05, 0.1) is 11.3 Å². The highest BCUT2D eigenvalue weighted by Crippen LogP contribution is 2.31. The molecular formula is C14H16ClNO2. The van der Waals surface area contributed by atoms with Crippen LogP contribution in [0.3, 0.4) is 0 Å². The molecule has 0 fully saturated rings. The number of rotatable bonds is 4. The van der Waals surface area contributed by atoms with Gasteiger partial charge in [-0.1, -0.05) is 17.7 Å². The second-order valence-electron chi connectivity index (χ2n) is 4.35. The quantitative estimate of drug-likeness (QED) is 0.917. The van der Waals surface area contributed by atoms with E-state index in [4.69, 9.17) is 26.5 Å². The maximum atomic E-state index is 6.11. The second-order valence-corrected chi connectivity index (χ2v) is 4.75. The SMILES string of the molecule is Cc1ccc(Cl)c(OC(c2ccco2)C(C)N)c1. The highest BCUT2D eigenvalue weighted by atomic mass is 35.5. The van der Waals surface area contributed by atoms with Gasteiger partial charge < -0.3 is 14.9 Å². The first-order valence-electron chi connectivity index (χ1n) is 5.79. The minimum absolute atomic E-state index is 0.201. The number of nitrogens with two attached hydrogens (primary N) is 1. The van der Waals surface area contributed by atoms with Crippen LogP contribution in [0.5, 0.6) is 5.75 Å². The number of hydrogen-bond acceptors (Lipinski definition) is 3. The molecule has 2 N–H and O–H groups in total. The third-order valence-electron chi connectivity index (χ3n) is 2.64. The van der Waals surface area contributed by atoms with Crippen molar-refractivity contribution in [2.24, 2.45) is 5.73 Å². The molecule has 2 atom stereocenters. The molecule has 0 spiro atoms. The van der Waals surface area contributed by atoms with E-state index in [-0.39, 0.29) is 12.1 Å². The monoisotopic (exact) mass is 265 g/mol. The van der Waals surface area contributed by atoms with E-state index in [1.807, 2.05) is 44.2 Å². The third kappa shape index (κ3) is 2.86. The number of benzene rings is 1. The zero-order valence-electron chi connectivity index (χ0n) is 10.4. The van der Waals surface area contributed by atoms with E-state index in [2.05, 4.69) is 0 Å². The van der Waals surface area contributed by atoms with Crippen LogP contribution in [0.15, 0.2) is 41.0 Å². The average Bonchev–Trinajstić information content (AvgIpc) is 2.83. The number of halogens is 1. The molecule has 3 nitrogen and oxygen atoms in total. The maximum Gasteiger partial charge on any atom is 0.171 e. The van der Waals surface area contributed by atoms with E-state index in [0.717, 1.165) is 5.56 Å². The van der Waals surface area contributed by atoms with Crippen molar-refractivity contribution in [2.75, 3.05) is 0 Å². The first-order chi connectivity index (χ1) is 8.58. The lowest BCUT2D eigenvalue weighted by Crippen LogP contribution is -2.28. The van der Waals surface area contributed by atoms with Crippen LogP contribution in [0.4, 0.5) is 0 Å². The summed E-state index contributed by atoms with van der Waals surface area (Å²) < 4.78 is 11.2. The predicted octanol–water partition coefficient (Wildman–Crippen LogP) is 3.71. The van der Waals surface area contributed by atoms with Gasteiger partial charge in [0.2, 0.25) is 0 Å². The van der Waals surface area contributed by atoms with Gasteiger partial charge in [0.15, 0.2) is 6.10 Å². The highest BCUT2D eigenvalue weighted by molar-refractivity contribution is 6.32. The molecule has 96 valence electrons. The zero-order chi connectivity index (χ0) is 13.1. The van der Waals surface area contributed by atoms with Crippen LogP contribution >= 0.6 is 11.6 Å². The molecule has 0 saturated carbocycles. The van der Waals surface area contributed by atoms with Crippen LogP contribution < -0.4 is 10.5 Å². The first kappa shape index (κ1) is 13.0. The van der Waals surface area contributed by atoms with Crippen LogP contribution in [0.1, 0.15) is 24.4 Å². The van der Waals surface area contributed by atoms with Crippen molar-refractivity contribution in [1.82, 2.24) is 0 Å². The summed E-state index contributed by atoms with van der Waals surface area (Å²) in [6.07, 6.45) is 1.26. The summed E-state index contributed by atoms with van der Waals surface area (Å²) in [5, 5.41) is 0.567. The lowest BCUT2D eigenvalue weighted by molar-refractivity contribution is 0.153. The van der Waals surface area contributed by atoms with Gasteiger partial charge in [-0.3, -0.25) is 0 Å². The number of ether oxygens (including phenoxy) is 1. The van der Waals surface area contributed by atoms with Crippen LogP contribution in [0.2, 0.25) is 5.02 Å². The van der Waals surface area contributed by atoms with Gasteiger partial charge in [-0.25, -0.2) is 0 Å². The molecule has 1 aromatic carbocycles. The summed E-state index contributed by atoms with van der Waals surface area (Å²) in [6.45, 7) is 3.86. The molecular weight excluding hydrogens is 250 g/mol. The van der Waals surface area contributed by atoms with Gasteiger partial charge in [-0.05, 0) is 43.7 Å². The smallest absolute Gasteiger partial charge is 0.171 e. The summed E-state index contributed by atoms with van der Waals surface area (Å²) in [7, 11) is 0. The number of hydrogen-bond donors (Lipinski definition) is 1. The van der Waals surface area contributed by atoms with Crippen molar-refractivity contribution in [3.05, 3.63) is 52.9 Å². The van der Waals surface area contributed by atoms with E-state index in [1.54, 1.807) is 6.26 Å². The molecule has 2 aromatic rings. The fraction of sp³-hybridized carbons (Fsp3) is 0.286. The predicted molar refractivity (Wildman–Crippen MR) is 71.9 cm³/mol. The van der Waals surface area contributed by atoms with Crippen LogP contribution in [0, 0.1) is 6.92 Å². The first-order valence-corrected chi connectivity index (χ1v) is 6.17. The Hall–Kier alpha value is -1.45. The Morgan fingerprint density at radius 1 is 1.33 bits per heavy atom. The topological polar surface area (TPSA) is 48.4 Å². The van der Waals surface area contributed by atoms with Crippen molar-refractivity contribution in [3.63, 3.8) is 0 Å². The Morgan fingerprint density at radius 2 is 2.11 bits per heavy atom. The Bertz CT molecular complexity index is 509.